The van der Waals surface area contributed by atoms with Crippen molar-refractivity contribution in [1.29, 1.82) is 0 Å². The maximum absolute atomic E-state index is 11.2. The van der Waals surface area contributed by atoms with Crippen LogP contribution >= 0.6 is 0 Å². The lowest BCUT2D eigenvalue weighted by molar-refractivity contribution is -0.142. The van der Waals surface area contributed by atoms with Crippen LogP contribution in [0.1, 0.15) is 18.0 Å². The van der Waals surface area contributed by atoms with E-state index < -0.39 is 0 Å². The van der Waals surface area contributed by atoms with Gasteiger partial charge in [-0.15, -0.1) is 0 Å². The van der Waals surface area contributed by atoms with Gasteiger partial charge in [-0.2, -0.15) is 0 Å². The van der Waals surface area contributed by atoms with Gasteiger partial charge in [0.15, 0.2) is 0 Å². The monoisotopic (exact) mass is 207 g/mol. The van der Waals surface area contributed by atoms with E-state index in [9.17, 15) is 4.79 Å². The molecule has 0 amide bonds. The van der Waals surface area contributed by atoms with E-state index in [1.165, 1.54) is 7.11 Å². The van der Waals surface area contributed by atoms with E-state index in [4.69, 9.17) is 4.74 Å². The summed E-state index contributed by atoms with van der Waals surface area (Å²) < 4.78 is 9.69. The van der Waals surface area contributed by atoms with Crippen molar-refractivity contribution in [3.63, 3.8) is 0 Å². The molecule has 0 aliphatic heterocycles. The van der Waals surface area contributed by atoms with Crippen LogP contribution in [0.25, 0.3) is 0 Å². The minimum Gasteiger partial charge on any atom is -0.495 e. The third kappa shape index (κ3) is 1.93. The molecule has 0 saturated heterocycles. The number of pyridine rings is 1. The quantitative estimate of drug-likeness (QED) is 0.702. The van der Waals surface area contributed by atoms with Crippen molar-refractivity contribution < 1.29 is 14.3 Å². The van der Waals surface area contributed by atoms with Gasteiger partial charge >= 0.3 is 5.97 Å². The molecule has 1 aliphatic rings. The second kappa shape index (κ2) is 3.88. The first-order valence-corrected chi connectivity index (χ1v) is 4.84. The lowest BCUT2D eigenvalue weighted by Gasteiger charge is -2.01. The first-order valence-electron chi connectivity index (χ1n) is 4.84. The molecule has 1 aromatic rings. The van der Waals surface area contributed by atoms with Gasteiger partial charge in [-0.3, -0.25) is 9.78 Å². The molecule has 1 fully saturated rings. The molecule has 2 unspecified atom stereocenters. The smallest absolute Gasteiger partial charge is 0.309 e. The lowest BCUT2D eigenvalue weighted by atomic mass is 10.2. The predicted octanol–water partition coefficient (Wildman–Crippen LogP) is 1.37. The number of carbonyl (C=O) groups excluding carboxylic acids is 1. The average Bonchev–Trinajstić information content (AvgIpc) is 3.08. The summed E-state index contributed by atoms with van der Waals surface area (Å²) in [5.74, 6) is 0.811. The number of esters is 1. The Balaban J connectivity index is 2.04. The van der Waals surface area contributed by atoms with Crippen molar-refractivity contribution in [2.75, 3.05) is 14.2 Å². The molecule has 0 N–H and O–H groups in total. The van der Waals surface area contributed by atoms with Crippen molar-refractivity contribution in [1.82, 2.24) is 4.98 Å². The molecule has 0 aromatic carbocycles. The molecule has 0 bridgehead atoms. The van der Waals surface area contributed by atoms with Crippen LogP contribution in [-0.2, 0) is 9.53 Å². The minimum atomic E-state index is -0.141. The summed E-state index contributed by atoms with van der Waals surface area (Å²) in [6, 6.07) is 3.75. The molecule has 1 aromatic heterocycles. The zero-order valence-electron chi connectivity index (χ0n) is 8.77. The maximum atomic E-state index is 11.2. The van der Waals surface area contributed by atoms with E-state index >= 15 is 0 Å². The minimum absolute atomic E-state index is 0.00380. The number of hydrogen-bond donors (Lipinski definition) is 0. The largest absolute Gasteiger partial charge is 0.495 e. The number of ether oxygens (including phenoxy) is 2. The molecule has 2 atom stereocenters. The van der Waals surface area contributed by atoms with Crippen molar-refractivity contribution in [3.8, 4) is 5.75 Å². The Morgan fingerprint density at radius 2 is 2.27 bits per heavy atom. The first-order chi connectivity index (χ1) is 7.26. The van der Waals surface area contributed by atoms with E-state index in [1.54, 1.807) is 13.3 Å². The van der Waals surface area contributed by atoms with Gasteiger partial charge in [0.25, 0.3) is 0 Å². The zero-order chi connectivity index (χ0) is 10.8. The van der Waals surface area contributed by atoms with E-state index in [0.29, 0.717) is 0 Å². The fourth-order valence-corrected chi connectivity index (χ4v) is 1.67. The third-order valence-corrected chi connectivity index (χ3v) is 2.67. The summed E-state index contributed by atoms with van der Waals surface area (Å²) >= 11 is 0. The van der Waals surface area contributed by atoms with Crippen LogP contribution in [0.15, 0.2) is 18.3 Å². The molecule has 15 heavy (non-hydrogen) atoms. The number of aromatic nitrogens is 1. The third-order valence-electron chi connectivity index (χ3n) is 2.67. The number of methoxy groups -OCH3 is 2. The summed E-state index contributed by atoms with van der Waals surface area (Å²) in [6.45, 7) is 0. The van der Waals surface area contributed by atoms with Gasteiger partial charge in [-0.25, -0.2) is 0 Å². The Kier molecular flexibility index (Phi) is 2.58. The molecule has 0 spiro atoms. The normalized spacial score (nSPS) is 23.3. The van der Waals surface area contributed by atoms with Crippen LogP contribution in [-0.4, -0.2) is 25.2 Å². The van der Waals surface area contributed by atoms with Crippen LogP contribution in [0.5, 0.6) is 5.75 Å². The maximum Gasteiger partial charge on any atom is 0.309 e. The summed E-state index contributed by atoms with van der Waals surface area (Å²) in [4.78, 5) is 15.5. The molecule has 2 rings (SSSR count). The van der Waals surface area contributed by atoms with E-state index in [0.717, 1.165) is 17.9 Å². The van der Waals surface area contributed by atoms with Gasteiger partial charge in [0, 0.05) is 11.6 Å². The molecular weight excluding hydrogens is 194 g/mol. The topological polar surface area (TPSA) is 48.4 Å². The van der Waals surface area contributed by atoms with E-state index in [2.05, 4.69) is 9.72 Å². The standard InChI is InChI=1S/C11H13NO3/c1-14-7-3-4-10(12-6-7)8-5-9(8)11(13)15-2/h3-4,6,8-9H,5H2,1-2H3. The lowest BCUT2D eigenvalue weighted by Crippen LogP contribution is -2.04. The highest BCUT2D eigenvalue weighted by atomic mass is 16.5. The number of nitrogens with zero attached hydrogens (tertiary/aromatic N) is 1. The molecule has 4 nitrogen and oxygen atoms in total. The van der Waals surface area contributed by atoms with Gasteiger partial charge in [0.2, 0.25) is 0 Å². The van der Waals surface area contributed by atoms with E-state index in [-0.39, 0.29) is 17.8 Å². The molecule has 1 saturated carbocycles. The Labute approximate surface area is 88.2 Å². The summed E-state index contributed by atoms with van der Waals surface area (Å²) in [5.41, 5.74) is 0.936. The summed E-state index contributed by atoms with van der Waals surface area (Å²) in [6.07, 6.45) is 2.51. The Morgan fingerprint density at radius 3 is 2.80 bits per heavy atom. The molecule has 1 heterocycles. The number of carbonyl (C=O) groups is 1. The second-order valence-electron chi connectivity index (χ2n) is 3.59. The molecular formula is C11H13NO3. The van der Waals surface area contributed by atoms with Crippen molar-refractivity contribution in [3.05, 3.63) is 24.0 Å². The van der Waals surface area contributed by atoms with Crippen LogP contribution in [0, 0.1) is 5.92 Å². The Hall–Kier alpha value is -1.58. The Bertz CT molecular complexity index is 361. The van der Waals surface area contributed by atoms with Crippen LogP contribution < -0.4 is 4.74 Å². The molecule has 0 radical (unpaired) electrons. The van der Waals surface area contributed by atoms with Crippen molar-refractivity contribution in [2.24, 2.45) is 5.92 Å². The SMILES string of the molecule is COC(=O)C1CC1c1ccc(OC)cn1. The fraction of sp³-hybridized carbons (Fsp3) is 0.455. The average molecular weight is 207 g/mol. The van der Waals surface area contributed by atoms with Crippen LogP contribution in [0.4, 0.5) is 0 Å². The highest BCUT2D eigenvalue weighted by Crippen LogP contribution is 2.47. The summed E-state index contributed by atoms with van der Waals surface area (Å²) in [7, 11) is 3.02. The zero-order valence-corrected chi connectivity index (χ0v) is 8.77. The summed E-state index contributed by atoms with van der Waals surface area (Å²) in [5, 5.41) is 0. The van der Waals surface area contributed by atoms with Gasteiger partial charge in [0.05, 0.1) is 26.3 Å². The van der Waals surface area contributed by atoms with Gasteiger partial charge in [0.1, 0.15) is 5.75 Å². The predicted molar refractivity (Wildman–Crippen MR) is 53.7 cm³/mol. The highest BCUT2D eigenvalue weighted by Gasteiger charge is 2.45. The number of rotatable bonds is 3. The Morgan fingerprint density at radius 1 is 1.47 bits per heavy atom. The van der Waals surface area contributed by atoms with Gasteiger partial charge < -0.3 is 9.47 Å². The highest BCUT2D eigenvalue weighted by molar-refractivity contribution is 5.77. The van der Waals surface area contributed by atoms with Crippen molar-refractivity contribution in [2.45, 2.75) is 12.3 Å². The second-order valence-corrected chi connectivity index (χ2v) is 3.59. The van der Waals surface area contributed by atoms with Crippen LogP contribution in [0.3, 0.4) is 0 Å². The van der Waals surface area contributed by atoms with E-state index in [1.807, 2.05) is 12.1 Å². The first kappa shape index (κ1) is 9.96. The van der Waals surface area contributed by atoms with Gasteiger partial charge in [-0.05, 0) is 18.6 Å². The van der Waals surface area contributed by atoms with Crippen molar-refractivity contribution >= 4 is 5.97 Å². The van der Waals surface area contributed by atoms with Crippen LogP contribution in [0.2, 0.25) is 0 Å². The number of hydrogen-bond acceptors (Lipinski definition) is 4. The van der Waals surface area contributed by atoms with Gasteiger partial charge in [-0.1, -0.05) is 0 Å². The molecule has 1 aliphatic carbocycles. The fourth-order valence-electron chi connectivity index (χ4n) is 1.67. The molecule has 4 heteroatoms. The molecule has 80 valence electrons.